The van der Waals surface area contributed by atoms with Gasteiger partial charge in [0.05, 0.1) is 34.8 Å². The second kappa shape index (κ2) is 11.9. The van der Waals surface area contributed by atoms with E-state index in [0.29, 0.717) is 30.2 Å². The zero-order valence-electron chi connectivity index (χ0n) is 25.0. The number of β-amino-alcohol motifs (C(OH)–C–C–N with tert-alkyl or cyclic N) is 1. The van der Waals surface area contributed by atoms with E-state index in [2.05, 4.69) is 13.2 Å². The molecule has 0 saturated carbocycles. The second-order valence-corrected chi connectivity index (χ2v) is 12.5. The number of ether oxygens (including phenoxy) is 1. The van der Waals surface area contributed by atoms with E-state index in [-0.39, 0.29) is 43.3 Å². The van der Waals surface area contributed by atoms with Crippen molar-refractivity contribution in [3.63, 3.8) is 0 Å². The van der Waals surface area contributed by atoms with Crippen molar-refractivity contribution in [2.45, 2.75) is 51.0 Å². The van der Waals surface area contributed by atoms with E-state index in [1.54, 1.807) is 28.0 Å². The Labute approximate surface area is 258 Å². The van der Waals surface area contributed by atoms with Crippen molar-refractivity contribution >= 4 is 35.0 Å². The van der Waals surface area contributed by atoms with Crippen LogP contribution in [0.3, 0.4) is 0 Å². The summed E-state index contributed by atoms with van der Waals surface area (Å²) in [5.41, 5.74) is 0.0584. The Bertz CT molecular complexity index is 1410. The number of hydrogen-bond donors (Lipinski definition) is 1. The zero-order chi connectivity index (χ0) is 31.1. The largest absolute Gasteiger partial charge is 0.395 e. The molecule has 3 unspecified atom stereocenters. The summed E-state index contributed by atoms with van der Waals surface area (Å²) in [5.74, 6) is -2.76. The fourth-order valence-corrected chi connectivity index (χ4v) is 7.99. The molecule has 2 aromatic carbocycles. The first-order chi connectivity index (χ1) is 20.5. The monoisotopic (exact) mass is 605 g/mol. The lowest BCUT2D eigenvalue weighted by Crippen LogP contribution is -2.57. The first-order valence-electron chi connectivity index (χ1n) is 14.8. The first-order valence-corrected chi connectivity index (χ1v) is 15.2. The highest BCUT2D eigenvalue weighted by atomic mass is 35.5. The molecule has 8 nitrogen and oxygen atoms in total. The molecule has 9 heteroatoms. The van der Waals surface area contributed by atoms with Crippen molar-refractivity contribution in [3.8, 4) is 0 Å². The fourth-order valence-electron chi connectivity index (χ4n) is 7.66. The summed E-state index contributed by atoms with van der Waals surface area (Å²) < 4.78 is 6.88. The third-order valence-electron chi connectivity index (χ3n) is 9.57. The van der Waals surface area contributed by atoms with Crippen LogP contribution in [0.15, 0.2) is 73.8 Å². The Hall–Kier alpha value is -3.46. The van der Waals surface area contributed by atoms with Gasteiger partial charge in [0, 0.05) is 26.2 Å². The van der Waals surface area contributed by atoms with Crippen LogP contribution in [-0.4, -0.2) is 76.1 Å². The van der Waals surface area contributed by atoms with E-state index in [0.717, 1.165) is 11.1 Å². The molecular formula is C34H40ClN3O5. The normalized spacial score (nSPS) is 29.0. The summed E-state index contributed by atoms with van der Waals surface area (Å²) in [6.07, 6.45) is 3.71. The van der Waals surface area contributed by atoms with Crippen LogP contribution in [0.4, 0.5) is 5.69 Å². The number of anilines is 1. The van der Waals surface area contributed by atoms with Gasteiger partial charge in [-0.15, -0.1) is 13.2 Å². The number of aryl methyl sites for hydroxylation is 1. The number of rotatable bonds is 11. The van der Waals surface area contributed by atoms with E-state index < -0.39 is 29.1 Å². The predicted molar refractivity (Wildman–Crippen MR) is 166 cm³/mol. The topological polar surface area (TPSA) is 90.4 Å². The first kappa shape index (κ1) is 31.0. The Morgan fingerprint density at radius 1 is 1.12 bits per heavy atom. The molecule has 0 aliphatic carbocycles. The van der Waals surface area contributed by atoms with Gasteiger partial charge in [-0.25, -0.2) is 0 Å². The summed E-state index contributed by atoms with van der Waals surface area (Å²) in [7, 11) is 0. The predicted octanol–water partition coefficient (Wildman–Crippen LogP) is 4.39. The molecular weight excluding hydrogens is 566 g/mol. The number of carbonyl (C=O) groups is 3. The number of halogens is 1. The standard InChI is InChI=1S/C34H40ClN3O5/c1-6-16-36(21-24-13-9-8-10-14-24)30(40)26-27-31(41)38(18-19-39)29(34(27)20-23(4)33(26,5)43-34)32(42)37(17-7-2)28-22(3)12-11-15-25(28)35/h6-15,23,26-27,29,39H,1-2,16-21H2,3-5H3/t23?,26-,27-,29?,33+,34?/m0/s1. The molecule has 3 saturated heterocycles. The minimum Gasteiger partial charge on any atom is -0.395 e. The van der Waals surface area contributed by atoms with Crippen LogP contribution < -0.4 is 4.90 Å². The summed E-state index contributed by atoms with van der Waals surface area (Å²) in [4.78, 5) is 48.2. The van der Waals surface area contributed by atoms with Crippen LogP contribution in [0.25, 0.3) is 0 Å². The van der Waals surface area contributed by atoms with Crippen molar-refractivity contribution in [3.05, 3.63) is 90.0 Å². The number of hydrogen-bond acceptors (Lipinski definition) is 5. The van der Waals surface area contributed by atoms with Gasteiger partial charge in [0.15, 0.2) is 0 Å². The summed E-state index contributed by atoms with van der Waals surface area (Å²) in [5, 5.41) is 10.4. The fraction of sp³-hybridized carbons (Fsp3) is 0.441. The van der Waals surface area contributed by atoms with Crippen LogP contribution >= 0.6 is 11.6 Å². The maximum atomic E-state index is 14.7. The maximum Gasteiger partial charge on any atom is 0.253 e. The second-order valence-electron chi connectivity index (χ2n) is 12.1. The molecule has 3 fully saturated rings. The van der Waals surface area contributed by atoms with Crippen LogP contribution in [0.2, 0.25) is 5.02 Å². The average Bonchev–Trinajstić information content (AvgIpc) is 3.48. The molecule has 0 radical (unpaired) electrons. The number of amides is 3. The minimum atomic E-state index is -1.25. The number of fused-ring (bicyclic) bond motifs is 1. The van der Waals surface area contributed by atoms with E-state index in [9.17, 15) is 19.5 Å². The van der Waals surface area contributed by atoms with Gasteiger partial charge in [-0.1, -0.05) is 73.1 Å². The molecule has 3 heterocycles. The number of likely N-dealkylation sites (tertiary alicyclic amines) is 1. The number of benzene rings is 2. The van der Waals surface area contributed by atoms with Crippen molar-refractivity contribution < 1.29 is 24.2 Å². The van der Waals surface area contributed by atoms with Crippen LogP contribution in [0, 0.1) is 24.7 Å². The highest BCUT2D eigenvalue weighted by Gasteiger charge is 2.80. The van der Waals surface area contributed by atoms with E-state index >= 15 is 0 Å². The van der Waals surface area contributed by atoms with Crippen molar-refractivity contribution in [2.24, 2.45) is 17.8 Å². The van der Waals surface area contributed by atoms with E-state index in [4.69, 9.17) is 16.3 Å². The van der Waals surface area contributed by atoms with Crippen molar-refractivity contribution in [2.75, 3.05) is 31.1 Å². The summed E-state index contributed by atoms with van der Waals surface area (Å²) >= 11 is 6.63. The Morgan fingerprint density at radius 3 is 2.44 bits per heavy atom. The summed E-state index contributed by atoms with van der Waals surface area (Å²) in [6.45, 7) is 13.9. The van der Waals surface area contributed by atoms with E-state index in [1.165, 1.54) is 4.90 Å². The van der Waals surface area contributed by atoms with Gasteiger partial charge in [0.2, 0.25) is 11.8 Å². The molecule has 3 amide bonds. The van der Waals surface area contributed by atoms with Crippen LogP contribution in [-0.2, 0) is 25.7 Å². The number of aliphatic hydroxyl groups is 1. The molecule has 3 aliphatic rings. The zero-order valence-corrected chi connectivity index (χ0v) is 25.8. The van der Waals surface area contributed by atoms with Crippen molar-refractivity contribution in [1.82, 2.24) is 9.80 Å². The average molecular weight is 606 g/mol. The molecule has 0 aromatic heterocycles. The Morgan fingerprint density at radius 2 is 1.81 bits per heavy atom. The van der Waals surface area contributed by atoms with Gasteiger partial charge < -0.3 is 24.5 Å². The molecule has 228 valence electrons. The third-order valence-corrected chi connectivity index (χ3v) is 9.87. The highest BCUT2D eigenvalue weighted by Crippen LogP contribution is 2.65. The number of carbonyl (C=O) groups excluding carboxylic acids is 3. The molecule has 1 spiro atoms. The number of aliphatic hydroxyl groups excluding tert-OH is 1. The van der Waals surface area contributed by atoms with Crippen molar-refractivity contribution in [1.29, 1.82) is 0 Å². The Balaban J connectivity index is 1.60. The van der Waals surface area contributed by atoms with Gasteiger partial charge in [0.1, 0.15) is 11.6 Å². The molecule has 1 N–H and O–H groups in total. The van der Waals surface area contributed by atoms with Crippen LogP contribution in [0.1, 0.15) is 31.4 Å². The SMILES string of the molecule is C=CCN(Cc1ccccc1)C(=O)[C@@H]1[C@H]2C(=O)N(CCO)C(C(=O)N(CC=C)c3c(C)cccc3Cl)C23CC(C)[C@@]1(C)O3. The van der Waals surface area contributed by atoms with Gasteiger partial charge in [-0.2, -0.15) is 0 Å². The smallest absolute Gasteiger partial charge is 0.253 e. The lowest BCUT2D eigenvalue weighted by Gasteiger charge is -2.39. The highest BCUT2D eigenvalue weighted by molar-refractivity contribution is 6.34. The Kier molecular flexibility index (Phi) is 8.58. The van der Waals surface area contributed by atoms with Gasteiger partial charge in [0.25, 0.3) is 5.91 Å². The number of para-hydroxylation sites is 1. The lowest BCUT2D eigenvalue weighted by molar-refractivity contribution is -0.152. The van der Waals surface area contributed by atoms with E-state index in [1.807, 2.05) is 63.2 Å². The molecule has 2 bridgehead atoms. The molecule has 3 aliphatic heterocycles. The van der Waals surface area contributed by atoms with Crippen LogP contribution in [0.5, 0.6) is 0 Å². The molecule has 2 aromatic rings. The third kappa shape index (κ3) is 4.89. The molecule has 43 heavy (non-hydrogen) atoms. The maximum absolute atomic E-state index is 14.7. The van der Waals surface area contributed by atoms with Gasteiger partial charge >= 0.3 is 0 Å². The molecule has 6 atom stereocenters. The lowest BCUT2D eigenvalue weighted by atomic mass is 9.62. The minimum absolute atomic E-state index is 0.0628. The summed E-state index contributed by atoms with van der Waals surface area (Å²) in [6, 6.07) is 14.0. The quantitative estimate of drug-likeness (QED) is 0.384. The van der Waals surface area contributed by atoms with Gasteiger partial charge in [-0.3, -0.25) is 14.4 Å². The number of nitrogens with zero attached hydrogens (tertiary/aromatic N) is 3. The van der Waals surface area contributed by atoms with Gasteiger partial charge in [-0.05, 0) is 43.4 Å². The molecule has 5 rings (SSSR count).